The van der Waals surface area contributed by atoms with Crippen molar-refractivity contribution in [3.8, 4) is 0 Å². The van der Waals surface area contributed by atoms with Crippen LogP contribution in [0.25, 0.3) is 0 Å². The molecular formula is C13H25NO2. The number of aliphatic hydroxyl groups is 1. The van der Waals surface area contributed by atoms with Crippen LogP contribution < -0.4 is 0 Å². The highest BCUT2D eigenvalue weighted by atomic mass is 16.5. The Balaban J connectivity index is 1.87. The van der Waals surface area contributed by atoms with Gasteiger partial charge >= 0.3 is 0 Å². The minimum atomic E-state index is -0.259. The Morgan fingerprint density at radius 1 is 1.38 bits per heavy atom. The van der Waals surface area contributed by atoms with Crippen molar-refractivity contribution < 1.29 is 9.84 Å². The predicted molar refractivity (Wildman–Crippen MR) is 64.4 cm³/mol. The summed E-state index contributed by atoms with van der Waals surface area (Å²) in [4.78, 5) is 2.25. The lowest BCUT2D eigenvalue weighted by Crippen LogP contribution is -2.49. The van der Waals surface area contributed by atoms with Crippen molar-refractivity contribution in [3.05, 3.63) is 0 Å². The third-order valence-corrected chi connectivity index (χ3v) is 4.14. The molecule has 0 aromatic rings. The molecule has 3 nitrogen and oxygen atoms in total. The molecule has 94 valence electrons. The van der Waals surface area contributed by atoms with Crippen LogP contribution in [0.4, 0.5) is 0 Å². The second-order valence-electron chi connectivity index (χ2n) is 5.69. The van der Waals surface area contributed by atoms with E-state index in [-0.39, 0.29) is 12.2 Å². The molecule has 1 aliphatic heterocycles. The van der Waals surface area contributed by atoms with Crippen LogP contribution in [0, 0.1) is 11.8 Å². The zero-order chi connectivity index (χ0) is 11.5. The molecule has 1 saturated carbocycles. The van der Waals surface area contributed by atoms with Gasteiger partial charge in [-0.15, -0.1) is 0 Å². The van der Waals surface area contributed by atoms with Crippen LogP contribution in [0.15, 0.2) is 0 Å². The fraction of sp³-hybridized carbons (Fsp3) is 1.00. The van der Waals surface area contributed by atoms with Crippen molar-refractivity contribution >= 4 is 0 Å². The zero-order valence-electron chi connectivity index (χ0n) is 10.6. The first kappa shape index (κ1) is 12.3. The van der Waals surface area contributed by atoms with Crippen molar-refractivity contribution in [1.29, 1.82) is 0 Å². The minimum Gasteiger partial charge on any atom is -0.390 e. The van der Waals surface area contributed by atoms with Gasteiger partial charge in [-0.05, 0) is 31.7 Å². The van der Waals surface area contributed by atoms with E-state index in [2.05, 4.69) is 18.9 Å². The Morgan fingerprint density at radius 2 is 2.19 bits per heavy atom. The van der Waals surface area contributed by atoms with E-state index < -0.39 is 0 Å². The largest absolute Gasteiger partial charge is 0.390 e. The number of morpholine rings is 1. The molecule has 1 saturated heterocycles. The maximum absolute atomic E-state index is 10.4. The van der Waals surface area contributed by atoms with Gasteiger partial charge in [0.2, 0.25) is 0 Å². The summed E-state index contributed by atoms with van der Waals surface area (Å²) in [5, 5.41) is 10.4. The Bertz CT molecular complexity index is 200. The molecule has 0 amide bonds. The summed E-state index contributed by atoms with van der Waals surface area (Å²) in [6.45, 7) is 4.93. The molecule has 4 unspecified atom stereocenters. The van der Waals surface area contributed by atoms with Crippen LogP contribution in [-0.2, 0) is 4.74 Å². The summed E-state index contributed by atoms with van der Waals surface area (Å²) in [5.41, 5.74) is 0. The van der Waals surface area contributed by atoms with Crippen LogP contribution in [-0.4, -0.2) is 49.0 Å². The topological polar surface area (TPSA) is 32.7 Å². The standard InChI is InChI=1S/C13H25NO2/c1-10-4-3-5-11(8-10)13(15)12-9-14(2)6-7-16-12/h10-13,15H,3-9H2,1-2H3. The summed E-state index contributed by atoms with van der Waals surface area (Å²) < 4.78 is 5.71. The molecule has 0 bridgehead atoms. The first-order chi connectivity index (χ1) is 7.66. The summed E-state index contributed by atoms with van der Waals surface area (Å²) >= 11 is 0. The summed E-state index contributed by atoms with van der Waals surface area (Å²) in [6.07, 6.45) is 4.72. The van der Waals surface area contributed by atoms with Crippen LogP contribution in [0.3, 0.4) is 0 Å². The van der Waals surface area contributed by atoms with Gasteiger partial charge < -0.3 is 14.7 Å². The van der Waals surface area contributed by atoms with Gasteiger partial charge in [0.15, 0.2) is 0 Å². The molecule has 1 N–H and O–H groups in total. The Hall–Kier alpha value is -0.120. The molecule has 2 rings (SSSR count). The number of likely N-dealkylation sites (N-methyl/N-ethyl adjacent to an activating group) is 1. The highest BCUT2D eigenvalue weighted by molar-refractivity contribution is 4.84. The van der Waals surface area contributed by atoms with Gasteiger partial charge in [0.25, 0.3) is 0 Å². The summed E-state index contributed by atoms with van der Waals surface area (Å²) in [7, 11) is 2.10. The highest BCUT2D eigenvalue weighted by Crippen LogP contribution is 2.32. The average Bonchev–Trinajstić information content (AvgIpc) is 2.28. The van der Waals surface area contributed by atoms with E-state index in [1.807, 2.05) is 0 Å². The molecule has 2 fully saturated rings. The molecule has 0 aromatic carbocycles. The Labute approximate surface area is 98.8 Å². The molecule has 2 aliphatic rings. The molecule has 4 atom stereocenters. The van der Waals surface area contributed by atoms with E-state index in [1.165, 1.54) is 25.7 Å². The number of rotatable bonds is 2. The summed E-state index contributed by atoms with van der Waals surface area (Å²) in [6, 6.07) is 0. The smallest absolute Gasteiger partial charge is 0.0963 e. The van der Waals surface area contributed by atoms with Crippen molar-refractivity contribution in [3.63, 3.8) is 0 Å². The number of hydrogen-bond donors (Lipinski definition) is 1. The van der Waals surface area contributed by atoms with Crippen molar-refractivity contribution in [1.82, 2.24) is 4.90 Å². The second-order valence-corrected chi connectivity index (χ2v) is 5.69. The highest BCUT2D eigenvalue weighted by Gasteiger charge is 2.33. The van der Waals surface area contributed by atoms with E-state index in [0.717, 1.165) is 25.6 Å². The molecule has 16 heavy (non-hydrogen) atoms. The van der Waals surface area contributed by atoms with Crippen molar-refractivity contribution in [2.75, 3.05) is 26.7 Å². The third-order valence-electron chi connectivity index (χ3n) is 4.14. The lowest BCUT2D eigenvalue weighted by atomic mass is 9.78. The number of aliphatic hydroxyl groups excluding tert-OH is 1. The van der Waals surface area contributed by atoms with Crippen molar-refractivity contribution in [2.45, 2.75) is 44.8 Å². The summed E-state index contributed by atoms with van der Waals surface area (Å²) in [5.74, 6) is 1.23. The molecular weight excluding hydrogens is 202 g/mol. The van der Waals surface area contributed by atoms with Gasteiger partial charge in [0.1, 0.15) is 0 Å². The molecule has 3 heteroatoms. The van der Waals surface area contributed by atoms with Gasteiger partial charge in [-0.25, -0.2) is 0 Å². The normalized spacial score (nSPS) is 39.6. The first-order valence-corrected chi connectivity index (χ1v) is 6.65. The molecule has 1 heterocycles. The monoisotopic (exact) mass is 227 g/mol. The molecule has 0 spiro atoms. The second kappa shape index (κ2) is 5.48. The average molecular weight is 227 g/mol. The SMILES string of the molecule is CC1CCCC(C(O)C2CN(C)CCO2)C1. The van der Waals surface area contributed by atoms with Gasteiger partial charge in [-0.2, -0.15) is 0 Å². The zero-order valence-corrected chi connectivity index (χ0v) is 10.6. The number of ether oxygens (including phenoxy) is 1. The third kappa shape index (κ3) is 2.96. The minimum absolute atomic E-state index is 0.0362. The van der Waals surface area contributed by atoms with E-state index in [1.54, 1.807) is 0 Å². The maximum atomic E-state index is 10.4. The van der Waals surface area contributed by atoms with Crippen LogP contribution in [0.1, 0.15) is 32.6 Å². The predicted octanol–water partition coefficient (Wildman–Crippen LogP) is 1.50. The number of hydrogen-bond acceptors (Lipinski definition) is 3. The fourth-order valence-corrected chi connectivity index (χ4v) is 3.11. The Morgan fingerprint density at radius 3 is 2.88 bits per heavy atom. The van der Waals surface area contributed by atoms with E-state index in [9.17, 15) is 5.11 Å². The van der Waals surface area contributed by atoms with E-state index >= 15 is 0 Å². The van der Waals surface area contributed by atoms with Gasteiger partial charge in [-0.1, -0.05) is 19.8 Å². The maximum Gasteiger partial charge on any atom is 0.0963 e. The quantitative estimate of drug-likeness (QED) is 0.776. The van der Waals surface area contributed by atoms with Gasteiger partial charge in [0, 0.05) is 13.1 Å². The van der Waals surface area contributed by atoms with Gasteiger partial charge in [0.05, 0.1) is 18.8 Å². The van der Waals surface area contributed by atoms with Crippen LogP contribution in [0.5, 0.6) is 0 Å². The first-order valence-electron chi connectivity index (χ1n) is 6.65. The molecule has 0 radical (unpaired) electrons. The fourth-order valence-electron chi connectivity index (χ4n) is 3.11. The van der Waals surface area contributed by atoms with E-state index in [0.29, 0.717) is 5.92 Å². The lowest BCUT2D eigenvalue weighted by molar-refractivity contribution is -0.107. The molecule has 1 aliphatic carbocycles. The Kier molecular flexibility index (Phi) is 4.22. The number of nitrogens with zero attached hydrogens (tertiary/aromatic N) is 1. The van der Waals surface area contributed by atoms with Crippen LogP contribution in [0.2, 0.25) is 0 Å². The van der Waals surface area contributed by atoms with E-state index in [4.69, 9.17) is 4.74 Å². The molecule has 0 aromatic heterocycles. The van der Waals surface area contributed by atoms with Crippen molar-refractivity contribution in [2.24, 2.45) is 11.8 Å². The lowest BCUT2D eigenvalue weighted by Gasteiger charge is -2.38. The van der Waals surface area contributed by atoms with Gasteiger partial charge in [-0.3, -0.25) is 0 Å². The van der Waals surface area contributed by atoms with Crippen LogP contribution >= 0.6 is 0 Å².